The molecule has 0 radical (unpaired) electrons. The van der Waals surface area contributed by atoms with Gasteiger partial charge in [-0.3, -0.25) is 0 Å². The van der Waals surface area contributed by atoms with Crippen LogP contribution in [-0.2, 0) is 0 Å². The van der Waals surface area contributed by atoms with Crippen molar-refractivity contribution in [2.75, 3.05) is 17.8 Å². The van der Waals surface area contributed by atoms with Gasteiger partial charge in [-0.25, -0.2) is 0 Å². The van der Waals surface area contributed by atoms with Crippen LogP contribution in [-0.4, -0.2) is 12.9 Å². The minimum absolute atomic E-state index is 1.10. The SMILES string of the molecule is Cc1ccc2c(c1)SCN2C. The summed E-state index contributed by atoms with van der Waals surface area (Å²) in [6, 6.07) is 6.62. The fraction of sp³-hybridized carbons (Fsp3) is 0.333. The molecule has 0 saturated heterocycles. The maximum atomic E-state index is 2.28. The van der Waals surface area contributed by atoms with Crippen molar-refractivity contribution in [1.29, 1.82) is 0 Å². The van der Waals surface area contributed by atoms with E-state index in [1.807, 2.05) is 11.8 Å². The number of rotatable bonds is 0. The van der Waals surface area contributed by atoms with Crippen LogP contribution in [0, 0.1) is 6.92 Å². The Labute approximate surface area is 71.4 Å². The van der Waals surface area contributed by atoms with Crippen molar-refractivity contribution in [2.24, 2.45) is 0 Å². The Morgan fingerprint density at radius 1 is 1.45 bits per heavy atom. The Bertz CT molecular complexity index is 283. The Morgan fingerprint density at radius 2 is 2.27 bits per heavy atom. The fourth-order valence-electron chi connectivity index (χ4n) is 1.29. The van der Waals surface area contributed by atoms with Gasteiger partial charge in [0.15, 0.2) is 0 Å². The molecule has 0 aromatic heterocycles. The highest BCUT2D eigenvalue weighted by Gasteiger charge is 2.14. The maximum Gasteiger partial charge on any atom is 0.0683 e. The van der Waals surface area contributed by atoms with Crippen LogP contribution in [0.4, 0.5) is 5.69 Å². The van der Waals surface area contributed by atoms with Gasteiger partial charge in [0.25, 0.3) is 0 Å². The lowest BCUT2D eigenvalue weighted by atomic mass is 10.2. The first-order chi connectivity index (χ1) is 5.27. The first-order valence-electron chi connectivity index (χ1n) is 3.72. The van der Waals surface area contributed by atoms with E-state index in [4.69, 9.17) is 0 Å². The molecular weight excluding hydrogens is 154 g/mol. The summed E-state index contributed by atoms with van der Waals surface area (Å²) in [5.74, 6) is 1.10. The zero-order valence-corrected chi connectivity index (χ0v) is 7.61. The first-order valence-corrected chi connectivity index (χ1v) is 4.70. The van der Waals surface area contributed by atoms with Crippen molar-refractivity contribution in [1.82, 2.24) is 0 Å². The zero-order valence-electron chi connectivity index (χ0n) is 6.79. The molecule has 1 aliphatic heterocycles. The second-order valence-electron chi connectivity index (χ2n) is 2.94. The molecule has 2 rings (SSSR count). The second-order valence-corrected chi connectivity index (χ2v) is 3.93. The summed E-state index contributed by atoms with van der Waals surface area (Å²) in [7, 11) is 2.13. The lowest BCUT2D eigenvalue weighted by molar-refractivity contribution is 1.10. The molecule has 0 atom stereocenters. The normalized spacial score (nSPS) is 15.3. The van der Waals surface area contributed by atoms with Crippen LogP contribution in [0.25, 0.3) is 0 Å². The number of anilines is 1. The van der Waals surface area contributed by atoms with Crippen molar-refractivity contribution in [3.8, 4) is 0 Å². The molecule has 0 fully saturated rings. The molecule has 0 bridgehead atoms. The molecule has 0 saturated carbocycles. The molecule has 0 amide bonds. The van der Waals surface area contributed by atoms with Crippen LogP contribution in [0.5, 0.6) is 0 Å². The van der Waals surface area contributed by atoms with Crippen molar-refractivity contribution >= 4 is 17.4 Å². The van der Waals surface area contributed by atoms with Crippen molar-refractivity contribution < 1.29 is 0 Å². The number of thioether (sulfide) groups is 1. The van der Waals surface area contributed by atoms with E-state index in [-0.39, 0.29) is 0 Å². The summed E-state index contributed by atoms with van der Waals surface area (Å²) in [6.07, 6.45) is 0. The minimum atomic E-state index is 1.10. The monoisotopic (exact) mass is 165 g/mol. The van der Waals surface area contributed by atoms with E-state index in [9.17, 15) is 0 Å². The molecule has 0 N–H and O–H groups in total. The van der Waals surface area contributed by atoms with Gasteiger partial charge in [0.05, 0.1) is 11.6 Å². The Morgan fingerprint density at radius 3 is 3.09 bits per heavy atom. The van der Waals surface area contributed by atoms with E-state index in [1.54, 1.807) is 0 Å². The third-order valence-corrected chi connectivity index (χ3v) is 3.09. The molecule has 0 spiro atoms. The minimum Gasteiger partial charge on any atom is -0.364 e. The van der Waals surface area contributed by atoms with Gasteiger partial charge < -0.3 is 4.90 Å². The molecule has 0 unspecified atom stereocenters. The van der Waals surface area contributed by atoms with Crippen molar-refractivity contribution in [2.45, 2.75) is 11.8 Å². The Kier molecular flexibility index (Phi) is 1.57. The fourth-order valence-corrected chi connectivity index (χ4v) is 2.40. The topological polar surface area (TPSA) is 3.24 Å². The summed E-state index contributed by atoms with van der Waals surface area (Å²) >= 11 is 1.92. The van der Waals surface area contributed by atoms with E-state index in [0.717, 1.165) is 5.88 Å². The van der Waals surface area contributed by atoms with Crippen LogP contribution < -0.4 is 4.90 Å². The predicted octanol–water partition coefficient (Wildman–Crippen LogP) is 2.49. The highest BCUT2D eigenvalue weighted by Crippen LogP contribution is 2.37. The maximum absolute atomic E-state index is 2.28. The lowest BCUT2D eigenvalue weighted by Gasteiger charge is -2.09. The standard InChI is InChI=1S/C9H11NS/c1-7-3-4-8-9(5-7)11-6-10(8)2/h3-5H,6H2,1-2H3. The van der Waals surface area contributed by atoms with Crippen molar-refractivity contribution in [3.05, 3.63) is 23.8 Å². The van der Waals surface area contributed by atoms with Crippen molar-refractivity contribution in [3.63, 3.8) is 0 Å². The third kappa shape index (κ3) is 1.11. The predicted molar refractivity (Wildman–Crippen MR) is 50.3 cm³/mol. The number of fused-ring (bicyclic) bond motifs is 1. The number of hydrogen-bond donors (Lipinski definition) is 0. The van der Waals surface area contributed by atoms with E-state index in [0.29, 0.717) is 0 Å². The van der Waals surface area contributed by atoms with Gasteiger partial charge in [-0.15, -0.1) is 11.8 Å². The van der Waals surface area contributed by atoms with Crippen LogP contribution in [0.15, 0.2) is 23.1 Å². The summed E-state index contributed by atoms with van der Waals surface area (Å²) < 4.78 is 0. The molecule has 1 heterocycles. The summed E-state index contributed by atoms with van der Waals surface area (Å²) in [5.41, 5.74) is 2.73. The molecule has 2 heteroatoms. The second kappa shape index (κ2) is 2.45. The highest BCUT2D eigenvalue weighted by atomic mass is 32.2. The van der Waals surface area contributed by atoms with E-state index in [2.05, 4.69) is 37.1 Å². The number of nitrogens with zero attached hydrogens (tertiary/aromatic N) is 1. The highest BCUT2D eigenvalue weighted by molar-refractivity contribution is 7.99. The summed E-state index contributed by atoms with van der Waals surface area (Å²) in [5, 5.41) is 0. The van der Waals surface area contributed by atoms with Gasteiger partial charge in [0.1, 0.15) is 0 Å². The van der Waals surface area contributed by atoms with E-state index >= 15 is 0 Å². The third-order valence-electron chi connectivity index (χ3n) is 1.94. The van der Waals surface area contributed by atoms with Gasteiger partial charge >= 0.3 is 0 Å². The molecule has 0 aliphatic carbocycles. The van der Waals surface area contributed by atoms with Gasteiger partial charge in [-0.05, 0) is 24.6 Å². The van der Waals surface area contributed by atoms with E-state index in [1.165, 1.54) is 16.1 Å². The smallest absolute Gasteiger partial charge is 0.0683 e. The molecule has 1 aliphatic rings. The first kappa shape index (κ1) is 7.04. The quantitative estimate of drug-likeness (QED) is 0.581. The van der Waals surface area contributed by atoms with Crippen LogP contribution >= 0.6 is 11.8 Å². The Balaban J connectivity index is 2.50. The zero-order chi connectivity index (χ0) is 7.84. The molecule has 1 aromatic rings. The van der Waals surface area contributed by atoms with Gasteiger partial charge in [0.2, 0.25) is 0 Å². The summed E-state index contributed by atoms with van der Waals surface area (Å²) in [4.78, 5) is 3.70. The molecule has 1 aromatic carbocycles. The van der Waals surface area contributed by atoms with E-state index < -0.39 is 0 Å². The van der Waals surface area contributed by atoms with Gasteiger partial charge in [0, 0.05) is 11.9 Å². The summed E-state index contributed by atoms with van der Waals surface area (Å²) in [6.45, 7) is 2.14. The van der Waals surface area contributed by atoms with Gasteiger partial charge in [-0.1, -0.05) is 6.07 Å². The van der Waals surface area contributed by atoms with Crippen LogP contribution in [0.3, 0.4) is 0 Å². The lowest BCUT2D eigenvalue weighted by Crippen LogP contribution is -2.10. The van der Waals surface area contributed by atoms with Gasteiger partial charge in [-0.2, -0.15) is 0 Å². The molecule has 58 valence electrons. The Hall–Kier alpha value is -0.630. The number of hydrogen-bond acceptors (Lipinski definition) is 2. The number of aryl methyl sites for hydroxylation is 1. The molecular formula is C9H11NS. The average molecular weight is 165 g/mol. The molecule has 11 heavy (non-hydrogen) atoms. The van der Waals surface area contributed by atoms with Crippen LogP contribution in [0.1, 0.15) is 5.56 Å². The average Bonchev–Trinajstić information content (AvgIpc) is 2.32. The number of benzene rings is 1. The molecule has 1 nitrogen and oxygen atoms in total. The largest absolute Gasteiger partial charge is 0.364 e. The van der Waals surface area contributed by atoms with Crippen LogP contribution in [0.2, 0.25) is 0 Å².